The van der Waals surface area contributed by atoms with Crippen LogP contribution in [0.1, 0.15) is 32.4 Å². The highest BCUT2D eigenvalue weighted by Crippen LogP contribution is 2.20. The predicted octanol–water partition coefficient (Wildman–Crippen LogP) is 0.572. The number of hydrogen-bond acceptors (Lipinski definition) is 10. The Morgan fingerprint density at radius 2 is 1.52 bits per heavy atom. The maximum Gasteiger partial charge on any atom is 0.339 e. The highest BCUT2D eigenvalue weighted by atomic mass is 32.2. The summed E-state index contributed by atoms with van der Waals surface area (Å²) in [6, 6.07) is 1.97. The lowest BCUT2D eigenvalue weighted by atomic mass is 10.1. The van der Waals surface area contributed by atoms with Gasteiger partial charge in [-0.25, -0.2) is 32.5 Å². The first kappa shape index (κ1) is 21.7. The minimum absolute atomic E-state index is 0.148. The summed E-state index contributed by atoms with van der Waals surface area (Å²) >= 11 is 0. The molecule has 0 unspecified atom stereocenters. The molecule has 1 aromatic carbocycles. The average molecular weight is 423 g/mol. The zero-order valence-corrected chi connectivity index (χ0v) is 16.7. The van der Waals surface area contributed by atoms with Crippen LogP contribution in [0.5, 0.6) is 0 Å². The summed E-state index contributed by atoms with van der Waals surface area (Å²) in [7, 11) is -2.43. The molecule has 154 valence electrons. The van der Waals surface area contributed by atoms with Crippen LogP contribution in [0.2, 0.25) is 0 Å². The molecule has 1 heterocycles. The van der Waals surface area contributed by atoms with Crippen molar-refractivity contribution in [1.82, 2.24) is 19.7 Å². The number of aryl methyl sites for hydroxylation is 2. The van der Waals surface area contributed by atoms with E-state index in [2.05, 4.69) is 29.7 Å². The summed E-state index contributed by atoms with van der Waals surface area (Å²) in [6.07, 6.45) is 0. The van der Waals surface area contributed by atoms with Gasteiger partial charge in [0.15, 0.2) is 0 Å². The van der Waals surface area contributed by atoms with Crippen LogP contribution in [0.3, 0.4) is 0 Å². The lowest BCUT2D eigenvalue weighted by Crippen LogP contribution is -2.36. The number of ether oxygens (including phenoxy) is 2. The summed E-state index contributed by atoms with van der Waals surface area (Å²) in [5.74, 6) is -1.35. The van der Waals surface area contributed by atoms with Gasteiger partial charge in [0.2, 0.25) is 5.95 Å². The number of methoxy groups -OCH3 is 2. The highest BCUT2D eigenvalue weighted by Gasteiger charge is 2.27. The fraction of sp³-hybridized carbons (Fsp3) is 0.250. The van der Waals surface area contributed by atoms with Gasteiger partial charge in [-0.15, -0.1) is 0 Å². The van der Waals surface area contributed by atoms with Gasteiger partial charge in [-0.1, -0.05) is 0 Å². The minimum atomic E-state index is -4.59. The number of carbonyl (C=O) groups is 3. The minimum Gasteiger partial charge on any atom is -0.465 e. The number of urea groups is 1. The largest absolute Gasteiger partial charge is 0.465 e. The Morgan fingerprint density at radius 1 is 0.931 bits per heavy atom. The quantitative estimate of drug-likeness (QED) is 0.649. The first-order valence-electron chi connectivity index (χ1n) is 7.91. The van der Waals surface area contributed by atoms with E-state index in [0.29, 0.717) is 11.6 Å². The summed E-state index contributed by atoms with van der Waals surface area (Å²) in [6.45, 7) is 3.13. The van der Waals surface area contributed by atoms with Crippen LogP contribution in [0.25, 0.3) is 0 Å². The Hall–Kier alpha value is -3.61. The molecule has 0 spiro atoms. The van der Waals surface area contributed by atoms with Crippen LogP contribution >= 0.6 is 0 Å². The zero-order valence-electron chi connectivity index (χ0n) is 15.8. The third kappa shape index (κ3) is 5.22. The number of hydrogen-bond donors (Lipinski definition) is 2. The number of aromatic nitrogens is 3. The first-order chi connectivity index (χ1) is 13.6. The first-order valence-corrected chi connectivity index (χ1v) is 9.39. The monoisotopic (exact) mass is 423 g/mol. The third-order valence-corrected chi connectivity index (χ3v) is 4.78. The second-order valence-corrected chi connectivity index (χ2v) is 7.16. The van der Waals surface area contributed by atoms with E-state index in [1.54, 1.807) is 18.6 Å². The molecule has 0 fully saturated rings. The van der Waals surface area contributed by atoms with Gasteiger partial charge < -0.3 is 9.47 Å². The topological polar surface area (TPSA) is 167 Å². The van der Waals surface area contributed by atoms with E-state index in [0.717, 1.165) is 26.4 Å². The molecule has 0 radical (unpaired) electrons. The number of nitrogens with zero attached hydrogens (tertiary/aromatic N) is 3. The van der Waals surface area contributed by atoms with Crippen molar-refractivity contribution in [1.29, 1.82) is 0 Å². The Labute approximate surface area is 165 Å². The fourth-order valence-corrected chi connectivity index (χ4v) is 3.37. The molecular weight excluding hydrogens is 406 g/mol. The molecule has 12 nitrogen and oxygen atoms in total. The normalized spacial score (nSPS) is 10.8. The molecule has 2 rings (SSSR count). The summed E-state index contributed by atoms with van der Waals surface area (Å²) in [5.41, 5.74) is -0.531. The standard InChI is InChI=1S/C16H17N5O7S/c1-8-17-9(2)19-15(18-8)20-16(24)21-29(25,26)12-7-10(13(22)27-3)5-6-11(12)14(23)28-4/h5-7H,1-4H3,(H2,17,18,19,20,21,24). The second-order valence-electron chi connectivity index (χ2n) is 5.51. The van der Waals surface area contributed by atoms with E-state index in [9.17, 15) is 22.8 Å². The lowest BCUT2D eigenvalue weighted by Gasteiger charge is -2.12. The molecule has 0 aliphatic heterocycles. The Kier molecular flexibility index (Phi) is 6.43. The molecule has 2 aromatic rings. The SMILES string of the molecule is COC(=O)c1ccc(C(=O)OC)c(S(=O)(=O)NC(=O)Nc2nc(C)nc(C)n2)c1. The smallest absolute Gasteiger partial charge is 0.339 e. The van der Waals surface area contributed by atoms with Crippen molar-refractivity contribution >= 4 is 33.9 Å². The molecule has 0 saturated heterocycles. The number of sulfonamides is 1. The van der Waals surface area contributed by atoms with Crippen molar-refractivity contribution in [2.45, 2.75) is 18.7 Å². The molecule has 2 amide bonds. The zero-order chi connectivity index (χ0) is 21.8. The van der Waals surface area contributed by atoms with Crippen LogP contribution < -0.4 is 10.0 Å². The highest BCUT2D eigenvalue weighted by molar-refractivity contribution is 7.90. The number of amides is 2. The van der Waals surface area contributed by atoms with Crippen LogP contribution in [-0.4, -0.2) is 55.6 Å². The fourth-order valence-electron chi connectivity index (χ4n) is 2.24. The van der Waals surface area contributed by atoms with Gasteiger partial charge in [-0.3, -0.25) is 5.32 Å². The predicted molar refractivity (Wildman–Crippen MR) is 97.8 cm³/mol. The Morgan fingerprint density at radius 3 is 2.07 bits per heavy atom. The van der Waals surface area contributed by atoms with E-state index in [1.807, 2.05) is 0 Å². The van der Waals surface area contributed by atoms with E-state index < -0.39 is 32.9 Å². The molecule has 0 bridgehead atoms. The maximum atomic E-state index is 12.7. The average Bonchev–Trinajstić information content (AvgIpc) is 2.64. The summed E-state index contributed by atoms with van der Waals surface area (Å²) in [5, 5.41) is 2.16. The van der Waals surface area contributed by atoms with Crippen molar-refractivity contribution in [3.05, 3.63) is 41.0 Å². The van der Waals surface area contributed by atoms with E-state index in [4.69, 9.17) is 0 Å². The number of rotatable bonds is 5. The molecule has 1 aromatic heterocycles. The maximum absolute atomic E-state index is 12.7. The van der Waals surface area contributed by atoms with Crippen molar-refractivity contribution in [2.75, 3.05) is 19.5 Å². The number of anilines is 1. The van der Waals surface area contributed by atoms with E-state index in [1.165, 1.54) is 6.07 Å². The molecule has 0 atom stereocenters. The molecule has 0 aliphatic carbocycles. The second kappa shape index (κ2) is 8.60. The molecule has 29 heavy (non-hydrogen) atoms. The van der Waals surface area contributed by atoms with Crippen LogP contribution in [0.15, 0.2) is 23.1 Å². The summed E-state index contributed by atoms with van der Waals surface area (Å²) in [4.78, 5) is 46.8. The Balaban J connectivity index is 2.38. The Bertz CT molecular complexity index is 1060. The van der Waals surface area contributed by atoms with E-state index in [-0.39, 0.29) is 17.1 Å². The number of nitrogens with one attached hydrogen (secondary N) is 2. The van der Waals surface area contributed by atoms with Crippen molar-refractivity contribution < 1.29 is 32.3 Å². The van der Waals surface area contributed by atoms with Crippen LogP contribution in [0, 0.1) is 13.8 Å². The molecule has 13 heteroatoms. The molecule has 0 saturated carbocycles. The van der Waals surface area contributed by atoms with Gasteiger partial charge in [-0.05, 0) is 32.0 Å². The number of esters is 2. The van der Waals surface area contributed by atoms with Gasteiger partial charge in [0.25, 0.3) is 10.0 Å². The number of carbonyl (C=O) groups excluding carboxylic acids is 3. The van der Waals surface area contributed by atoms with Gasteiger partial charge in [-0.2, -0.15) is 9.97 Å². The molecule has 2 N–H and O–H groups in total. The van der Waals surface area contributed by atoms with Gasteiger partial charge in [0.05, 0.1) is 25.3 Å². The van der Waals surface area contributed by atoms with Gasteiger partial charge >= 0.3 is 18.0 Å². The van der Waals surface area contributed by atoms with Crippen LogP contribution in [0.4, 0.5) is 10.7 Å². The number of benzene rings is 1. The molecule has 0 aliphatic rings. The van der Waals surface area contributed by atoms with Crippen LogP contribution in [-0.2, 0) is 19.5 Å². The van der Waals surface area contributed by atoms with Gasteiger partial charge in [0, 0.05) is 0 Å². The van der Waals surface area contributed by atoms with Gasteiger partial charge in [0.1, 0.15) is 16.5 Å². The lowest BCUT2D eigenvalue weighted by molar-refractivity contribution is 0.0583. The van der Waals surface area contributed by atoms with Crippen molar-refractivity contribution in [3.63, 3.8) is 0 Å². The summed E-state index contributed by atoms with van der Waals surface area (Å²) < 4.78 is 36.2. The van der Waals surface area contributed by atoms with Crippen molar-refractivity contribution in [3.8, 4) is 0 Å². The molecular formula is C16H17N5O7S. The van der Waals surface area contributed by atoms with Crippen molar-refractivity contribution in [2.24, 2.45) is 0 Å². The van der Waals surface area contributed by atoms with E-state index >= 15 is 0 Å². The third-order valence-electron chi connectivity index (χ3n) is 3.41.